The molecule has 0 bridgehead atoms. The van der Waals surface area contributed by atoms with Crippen LogP contribution >= 0.6 is 0 Å². The van der Waals surface area contributed by atoms with Crippen LogP contribution in [0.15, 0.2) is 48.6 Å². The van der Waals surface area contributed by atoms with Crippen LogP contribution in [0.4, 0.5) is 5.82 Å². The summed E-state index contributed by atoms with van der Waals surface area (Å²) in [5, 5.41) is 3.29. The predicted molar refractivity (Wildman–Crippen MR) is 86.6 cm³/mol. The summed E-state index contributed by atoms with van der Waals surface area (Å²) < 4.78 is 5.65. The Labute approximate surface area is 125 Å². The van der Waals surface area contributed by atoms with E-state index >= 15 is 0 Å². The lowest BCUT2D eigenvalue weighted by Gasteiger charge is -2.10. The van der Waals surface area contributed by atoms with Crippen molar-refractivity contribution in [2.75, 3.05) is 18.5 Å². The lowest BCUT2D eigenvalue weighted by Crippen LogP contribution is -2.05. The summed E-state index contributed by atoms with van der Waals surface area (Å²) in [5.41, 5.74) is 0.980. The number of aromatic nitrogens is 2. The summed E-state index contributed by atoms with van der Waals surface area (Å²) in [4.78, 5) is 9.03. The first kappa shape index (κ1) is 15.0. The minimum atomic E-state index is 0.509. The molecule has 1 N–H and O–H groups in total. The van der Waals surface area contributed by atoms with E-state index in [1.165, 1.54) is 0 Å². The van der Waals surface area contributed by atoms with Gasteiger partial charge in [0, 0.05) is 18.2 Å². The quantitative estimate of drug-likeness (QED) is 0.782. The average molecular weight is 283 g/mol. The van der Waals surface area contributed by atoms with E-state index in [4.69, 9.17) is 4.74 Å². The minimum Gasteiger partial charge on any atom is -0.473 e. The molecule has 4 heteroatoms. The van der Waals surface area contributed by atoms with E-state index in [9.17, 15) is 0 Å². The van der Waals surface area contributed by atoms with Crippen LogP contribution in [0, 0.1) is 0 Å². The van der Waals surface area contributed by atoms with E-state index in [2.05, 4.69) is 22.2 Å². The average Bonchev–Trinajstić information content (AvgIpc) is 2.54. The topological polar surface area (TPSA) is 47.0 Å². The second-order valence-electron chi connectivity index (χ2n) is 4.59. The van der Waals surface area contributed by atoms with E-state index < -0.39 is 0 Å². The van der Waals surface area contributed by atoms with Crippen molar-refractivity contribution in [3.05, 3.63) is 48.6 Å². The number of anilines is 1. The Hall–Kier alpha value is -2.36. The van der Waals surface area contributed by atoms with Crippen molar-refractivity contribution < 1.29 is 4.74 Å². The molecule has 0 radical (unpaired) electrons. The molecule has 0 aliphatic heterocycles. The van der Waals surface area contributed by atoms with Crippen molar-refractivity contribution in [2.45, 2.75) is 20.3 Å². The lowest BCUT2D eigenvalue weighted by molar-refractivity contribution is 0.348. The van der Waals surface area contributed by atoms with Crippen LogP contribution in [0.5, 0.6) is 5.88 Å². The Morgan fingerprint density at radius 2 is 2.00 bits per heavy atom. The maximum absolute atomic E-state index is 5.65. The molecule has 0 saturated carbocycles. The largest absolute Gasteiger partial charge is 0.473 e. The molecule has 2 aromatic rings. The van der Waals surface area contributed by atoms with Crippen LogP contribution in [0.25, 0.3) is 11.4 Å². The van der Waals surface area contributed by atoms with E-state index in [0.29, 0.717) is 18.3 Å². The molecular formula is C17H21N3O. The molecule has 0 aliphatic rings. The van der Waals surface area contributed by atoms with Gasteiger partial charge in [0.05, 0.1) is 0 Å². The van der Waals surface area contributed by atoms with Crippen LogP contribution in [0.1, 0.15) is 20.3 Å². The van der Waals surface area contributed by atoms with Crippen molar-refractivity contribution in [2.24, 2.45) is 0 Å². The second kappa shape index (κ2) is 8.04. The monoisotopic (exact) mass is 283 g/mol. The van der Waals surface area contributed by atoms with Gasteiger partial charge >= 0.3 is 0 Å². The van der Waals surface area contributed by atoms with Crippen molar-refractivity contribution in [3.63, 3.8) is 0 Å². The first-order valence-corrected chi connectivity index (χ1v) is 7.25. The van der Waals surface area contributed by atoms with Gasteiger partial charge in [0.2, 0.25) is 5.88 Å². The van der Waals surface area contributed by atoms with Crippen molar-refractivity contribution in [1.82, 2.24) is 9.97 Å². The Kier molecular flexibility index (Phi) is 5.76. The number of rotatable bonds is 7. The maximum Gasteiger partial charge on any atom is 0.219 e. The third kappa shape index (κ3) is 4.60. The fourth-order valence-corrected chi connectivity index (χ4v) is 1.79. The standard InChI is InChI=1S/C17H21N3O/c1-3-5-12-21-16-13-15(18-11-4-2)19-17(20-16)14-9-7-6-8-10-14/h3,5-10,13H,4,11-12H2,1-2H3,(H,18,19,20)/b5-3+. The Morgan fingerprint density at radius 3 is 2.71 bits per heavy atom. The molecule has 0 fully saturated rings. The second-order valence-corrected chi connectivity index (χ2v) is 4.59. The van der Waals surface area contributed by atoms with Gasteiger partial charge in [0.15, 0.2) is 5.82 Å². The van der Waals surface area contributed by atoms with E-state index in [1.807, 2.05) is 55.5 Å². The van der Waals surface area contributed by atoms with Gasteiger partial charge in [-0.1, -0.05) is 49.4 Å². The minimum absolute atomic E-state index is 0.509. The molecule has 0 aliphatic carbocycles. The van der Waals surface area contributed by atoms with Crippen LogP contribution in [-0.4, -0.2) is 23.1 Å². The smallest absolute Gasteiger partial charge is 0.219 e. The molecule has 21 heavy (non-hydrogen) atoms. The van der Waals surface area contributed by atoms with Crippen molar-refractivity contribution in [3.8, 4) is 17.3 Å². The molecule has 0 atom stereocenters. The summed E-state index contributed by atoms with van der Waals surface area (Å²) in [6, 6.07) is 11.8. The summed E-state index contributed by atoms with van der Waals surface area (Å²) in [7, 11) is 0. The van der Waals surface area contributed by atoms with Crippen LogP contribution < -0.4 is 10.1 Å². The number of allylic oxidation sites excluding steroid dienone is 1. The lowest BCUT2D eigenvalue weighted by atomic mass is 10.2. The highest BCUT2D eigenvalue weighted by molar-refractivity contribution is 5.58. The number of ether oxygens (including phenoxy) is 1. The number of nitrogens with zero attached hydrogens (tertiary/aromatic N) is 2. The zero-order chi connectivity index (χ0) is 14.9. The number of hydrogen-bond donors (Lipinski definition) is 1. The van der Waals surface area contributed by atoms with Gasteiger partial charge in [-0.25, -0.2) is 4.98 Å². The molecule has 1 heterocycles. The zero-order valence-electron chi connectivity index (χ0n) is 12.5. The SMILES string of the molecule is C/C=C/COc1cc(NCCC)nc(-c2ccccc2)n1. The van der Waals surface area contributed by atoms with E-state index in [-0.39, 0.29) is 0 Å². The first-order valence-electron chi connectivity index (χ1n) is 7.25. The summed E-state index contributed by atoms with van der Waals surface area (Å²) in [6.45, 7) is 5.47. The van der Waals surface area contributed by atoms with Crippen LogP contribution in [-0.2, 0) is 0 Å². The maximum atomic E-state index is 5.65. The van der Waals surface area contributed by atoms with Gasteiger partial charge < -0.3 is 10.1 Å². The molecule has 0 saturated heterocycles. The van der Waals surface area contributed by atoms with E-state index in [1.54, 1.807) is 0 Å². The van der Waals surface area contributed by atoms with Crippen LogP contribution in [0.2, 0.25) is 0 Å². The Morgan fingerprint density at radius 1 is 1.19 bits per heavy atom. The molecule has 0 unspecified atom stereocenters. The van der Waals surface area contributed by atoms with Crippen LogP contribution in [0.3, 0.4) is 0 Å². The van der Waals surface area contributed by atoms with Gasteiger partial charge in [0.25, 0.3) is 0 Å². The number of benzene rings is 1. The molecular weight excluding hydrogens is 262 g/mol. The third-order valence-corrected chi connectivity index (χ3v) is 2.85. The summed E-state index contributed by atoms with van der Waals surface area (Å²) >= 11 is 0. The Bertz CT molecular complexity index is 582. The predicted octanol–water partition coefficient (Wildman–Crippen LogP) is 3.92. The molecule has 1 aromatic heterocycles. The van der Waals surface area contributed by atoms with Gasteiger partial charge in [0.1, 0.15) is 12.4 Å². The van der Waals surface area contributed by atoms with Gasteiger partial charge in [-0.3, -0.25) is 0 Å². The molecule has 4 nitrogen and oxygen atoms in total. The summed E-state index contributed by atoms with van der Waals surface area (Å²) in [5.74, 6) is 2.05. The fraction of sp³-hybridized carbons (Fsp3) is 0.294. The normalized spacial score (nSPS) is 10.8. The number of hydrogen-bond acceptors (Lipinski definition) is 4. The first-order chi connectivity index (χ1) is 10.3. The highest BCUT2D eigenvalue weighted by atomic mass is 16.5. The van der Waals surface area contributed by atoms with Gasteiger partial charge in [-0.05, 0) is 13.3 Å². The zero-order valence-corrected chi connectivity index (χ0v) is 12.5. The van der Waals surface area contributed by atoms with Gasteiger partial charge in [-0.15, -0.1) is 0 Å². The molecule has 0 amide bonds. The van der Waals surface area contributed by atoms with Crippen molar-refractivity contribution >= 4 is 5.82 Å². The fourth-order valence-electron chi connectivity index (χ4n) is 1.79. The highest BCUT2D eigenvalue weighted by Gasteiger charge is 2.07. The highest BCUT2D eigenvalue weighted by Crippen LogP contribution is 2.21. The molecule has 110 valence electrons. The van der Waals surface area contributed by atoms with Crippen molar-refractivity contribution in [1.29, 1.82) is 0 Å². The Balaban J connectivity index is 2.27. The van der Waals surface area contributed by atoms with Gasteiger partial charge in [-0.2, -0.15) is 4.98 Å². The molecule has 1 aromatic carbocycles. The molecule has 2 rings (SSSR count). The molecule has 0 spiro atoms. The van der Waals surface area contributed by atoms with E-state index in [0.717, 1.165) is 24.3 Å². The third-order valence-electron chi connectivity index (χ3n) is 2.85. The number of nitrogens with one attached hydrogen (secondary N) is 1. The summed E-state index contributed by atoms with van der Waals surface area (Å²) in [6.07, 6.45) is 4.94.